The van der Waals surface area contributed by atoms with Crippen LogP contribution in [0.15, 0.2) is 24.3 Å². The summed E-state index contributed by atoms with van der Waals surface area (Å²) >= 11 is 0. The van der Waals surface area contributed by atoms with Crippen LogP contribution >= 0.6 is 0 Å². The first-order chi connectivity index (χ1) is 11.8. The Hall–Kier alpha value is -1.14. The molecule has 5 heteroatoms. The molecule has 0 saturated carbocycles. The normalized spacial score (nSPS) is 23.3. The molecule has 0 aromatic heterocycles. The maximum atomic E-state index is 5.87. The molecule has 0 aliphatic carbocycles. The van der Waals surface area contributed by atoms with Crippen molar-refractivity contribution in [3.05, 3.63) is 29.8 Å². The molecule has 1 atom stereocenters. The van der Waals surface area contributed by atoms with Crippen molar-refractivity contribution in [1.82, 2.24) is 9.80 Å². The maximum absolute atomic E-state index is 5.87. The summed E-state index contributed by atoms with van der Waals surface area (Å²) in [6.45, 7) is 11.5. The first-order valence-corrected chi connectivity index (χ1v) is 9.19. The zero-order valence-electron chi connectivity index (χ0n) is 14.8. The quantitative estimate of drug-likeness (QED) is 0.762. The van der Waals surface area contributed by atoms with Crippen molar-refractivity contribution in [2.75, 3.05) is 59.2 Å². The predicted octanol–water partition coefficient (Wildman–Crippen LogP) is 2.01. The second-order valence-electron chi connectivity index (χ2n) is 6.58. The largest absolute Gasteiger partial charge is 0.492 e. The summed E-state index contributed by atoms with van der Waals surface area (Å²) in [6, 6.07) is 8.54. The van der Waals surface area contributed by atoms with Crippen LogP contribution in [0.25, 0.3) is 0 Å². The van der Waals surface area contributed by atoms with Gasteiger partial charge in [-0.2, -0.15) is 0 Å². The van der Waals surface area contributed by atoms with Gasteiger partial charge in [0.25, 0.3) is 0 Å². The third-order valence-electron chi connectivity index (χ3n) is 4.79. The second-order valence-corrected chi connectivity index (χ2v) is 6.58. The summed E-state index contributed by atoms with van der Waals surface area (Å²) in [6.07, 6.45) is 1.48. The fourth-order valence-corrected chi connectivity index (χ4v) is 3.24. The Morgan fingerprint density at radius 1 is 1.04 bits per heavy atom. The van der Waals surface area contributed by atoms with E-state index in [-0.39, 0.29) is 0 Å². The SMILES string of the molecule is CC[C@@H]1CN(Cc2ccc(OCCN3CCOCC3)cc2)CCO1. The van der Waals surface area contributed by atoms with Gasteiger partial charge >= 0.3 is 0 Å². The molecule has 1 aromatic carbocycles. The molecule has 24 heavy (non-hydrogen) atoms. The van der Waals surface area contributed by atoms with Crippen LogP contribution in [-0.2, 0) is 16.0 Å². The Bertz CT molecular complexity index is 474. The van der Waals surface area contributed by atoms with Gasteiger partial charge in [-0.3, -0.25) is 9.80 Å². The second kappa shape index (κ2) is 9.37. The predicted molar refractivity (Wildman–Crippen MR) is 94.5 cm³/mol. The maximum Gasteiger partial charge on any atom is 0.119 e. The van der Waals surface area contributed by atoms with Crippen LogP contribution in [0.1, 0.15) is 18.9 Å². The van der Waals surface area contributed by atoms with E-state index in [0.29, 0.717) is 6.10 Å². The molecule has 0 radical (unpaired) electrons. The highest BCUT2D eigenvalue weighted by Crippen LogP contribution is 2.16. The van der Waals surface area contributed by atoms with Gasteiger partial charge in [0.1, 0.15) is 12.4 Å². The minimum atomic E-state index is 0.390. The topological polar surface area (TPSA) is 34.2 Å². The minimum absolute atomic E-state index is 0.390. The van der Waals surface area contributed by atoms with Crippen molar-refractivity contribution in [2.45, 2.75) is 26.0 Å². The molecule has 0 spiro atoms. The van der Waals surface area contributed by atoms with Crippen LogP contribution in [0.5, 0.6) is 5.75 Å². The molecule has 1 aromatic rings. The van der Waals surface area contributed by atoms with Crippen molar-refractivity contribution < 1.29 is 14.2 Å². The van der Waals surface area contributed by atoms with Crippen molar-refractivity contribution in [3.8, 4) is 5.75 Å². The highest BCUT2D eigenvalue weighted by molar-refractivity contribution is 5.27. The molecule has 2 aliphatic rings. The number of hydrogen-bond acceptors (Lipinski definition) is 5. The summed E-state index contributed by atoms with van der Waals surface area (Å²) in [4.78, 5) is 4.87. The molecule has 0 N–H and O–H groups in total. The molecule has 0 unspecified atom stereocenters. The van der Waals surface area contributed by atoms with Gasteiger partial charge in [0.15, 0.2) is 0 Å². The lowest BCUT2D eigenvalue weighted by molar-refractivity contribution is -0.0324. The summed E-state index contributed by atoms with van der Waals surface area (Å²) in [5, 5.41) is 0. The van der Waals surface area contributed by atoms with Gasteiger partial charge in [-0.05, 0) is 24.1 Å². The number of ether oxygens (including phenoxy) is 3. The van der Waals surface area contributed by atoms with Crippen LogP contribution in [0, 0.1) is 0 Å². The van der Waals surface area contributed by atoms with E-state index < -0.39 is 0 Å². The molecule has 5 nitrogen and oxygen atoms in total. The Labute approximate surface area is 145 Å². The average molecular weight is 334 g/mol. The van der Waals surface area contributed by atoms with E-state index in [9.17, 15) is 0 Å². The van der Waals surface area contributed by atoms with Crippen LogP contribution in [0.2, 0.25) is 0 Å². The lowest BCUT2D eigenvalue weighted by Crippen LogP contribution is -2.41. The van der Waals surface area contributed by atoms with Crippen LogP contribution in [0.3, 0.4) is 0 Å². The molecule has 134 valence electrons. The van der Waals surface area contributed by atoms with Gasteiger partial charge in [0.2, 0.25) is 0 Å². The van der Waals surface area contributed by atoms with E-state index >= 15 is 0 Å². The van der Waals surface area contributed by atoms with E-state index in [0.717, 1.165) is 77.9 Å². The molecule has 3 rings (SSSR count). The Morgan fingerprint density at radius 2 is 1.79 bits per heavy atom. The summed E-state index contributed by atoms with van der Waals surface area (Å²) < 4.78 is 17.0. The van der Waals surface area contributed by atoms with Crippen molar-refractivity contribution in [2.24, 2.45) is 0 Å². The van der Waals surface area contributed by atoms with Crippen LogP contribution < -0.4 is 4.74 Å². The van der Waals surface area contributed by atoms with E-state index in [1.807, 2.05) is 0 Å². The number of nitrogens with zero attached hydrogens (tertiary/aromatic N) is 2. The molecule has 2 saturated heterocycles. The van der Waals surface area contributed by atoms with Gasteiger partial charge in [-0.1, -0.05) is 19.1 Å². The summed E-state index contributed by atoms with van der Waals surface area (Å²) in [5.74, 6) is 0.959. The van der Waals surface area contributed by atoms with Crippen molar-refractivity contribution in [1.29, 1.82) is 0 Å². The highest BCUT2D eigenvalue weighted by atomic mass is 16.5. The smallest absolute Gasteiger partial charge is 0.119 e. The number of morpholine rings is 2. The monoisotopic (exact) mass is 334 g/mol. The van der Waals surface area contributed by atoms with Crippen molar-refractivity contribution >= 4 is 0 Å². The fraction of sp³-hybridized carbons (Fsp3) is 0.684. The minimum Gasteiger partial charge on any atom is -0.492 e. The molecule has 2 fully saturated rings. The zero-order valence-corrected chi connectivity index (χ0v) is 14.8. The average Bonchev–Trinajstić information content (AvgIpc) is 2.64. The van der Waals surface area contributed by atoms with Gasteiger partial charge in [0.05, 0.1) is 25.9 Å². The third kappa shape index (κ3) is 5.45. The Morgan fingerprint density at radius 3 is 2.54 bits per heavy atom. The Balaban J connectivity index is 1.40. The van der Waals surface area contributed by atoms with Crippen LogP contribution in [-0.4, -0.2) is 75.1 Å². The molecule has 2 aliphatic heterocycles. The van der Waals surface area contributed by atoms with Crippen LogP contribution in [0.4, 0.5) is 0 Å². The van der Waals surface area contributed by atoms with Gasteiger partial charge in [-0.25, -0.2) is 0 Å². The number of benzene rings is 1. The van der Waals surface area contributed by atoms with Gasteiger partial charge in [0, 0.05) is 39.3 Å². The lowest BCUT2D eigenvalue weighted by atomic mass is 10.1. The number of hydrogen-bond donors (Lipinski definition) is 0. The van der Waals surface area contributed by atoms with Gasteiger partial charge in [-0.15, -0.1) is 0 Å². The standard InChI is InChI=1S/C19H30N2O3/c1-2-18-16-21(10-14-23-18)15-17-3-5-19(6-4-17)24-13-9-20-7-11-22-12-8-20/h3-6,18H,2,7-16H2,1H3/t18-/m1/s1. The first kappa shape index (κ1) is 17.7. The molecule has 2 heterocycles. The lowest BCUT2D eigenvalue weighted by Gasteiger charge is -2.32. The zero-order chi connectivity index (χ0) is 16.6. The van der Waals surface area contributed by atoms with Crippen molar-refractivity contribution in [3.63, 3.8) is 0 Å². The van der Waals surface area contributed by atoms with E-state index in [4.69, 9.17) is 14.2 Å². The first-order valence-electron chi connectivity index (χ1n) is 9.19. The number of rotatable bonds is 7. The molecule has 0 amide bonds. The summed E-state index contributed by atoms with van der Waals surface area (Å²) in [7, 11) is 0. The molecular weight excluding hydrogens is 304 g/mol. The molecule has 0 bridgehead atoms. The van der Waals surface area contributed by atoms with Gasteiger partial charge < -0.3 is 14.2 Å². The Kier molecular flexibility index (Phi) is 6.90. The molecular formula is C19H30N2O3. The van der Waals surface area contributed by atoms with E-state index in [2.05, 4.69) is 41.0 Å². The summed E-state index contributed by atoms with van der Waals surface area (Å²) in [5.41, 5.74) is 1.34. The fourth-order valence-electron chi connectivity index (χ4n) is 3.24. The third-order valence-corrected chi connectivity index (χ3v) is 4.79. The highest BCUT2D eigenvalue weighted by Gasteiger charge is 2.18. The van der Waals surface area contributed by atoms with E-state index in [1.165, 1.54) is 5.56 Å². The van der Waals surface area contributed by atoms with E-state index in [1.54, 1.807) is 0 Å².